The van der Waals surface area contributed by atoms with Gasteiger partial charge in [0, 0.05) is 16.7 Å². The molecule has 0 bridgehead atoms. The minimum atomic E-state index is 0.295. The fourth-order valence-corrected chi connectivity index (χ4v) is 2.04. The summed E-state index contributed by atoms with van der Waals surface area (Å²) >= 11 is 8.11. The van der Waals surface area contributed by atoms with E-state index < -0.39 is 0 Å². The van der Waals surface area contributed by atoms with Crippen LogP contribution in [0.3, 0.4) is 0 Å². The van der Waals surface area contributed by atoms with Gasteiger partial charge in [-0.1, -0.05) is 17.7 Å². The fraction of sp³-hybridized carbons (Fsp3) is 0.167. The molecule has 0 N–H and O–H groups in total. The van der Waals surface area contributed by atoms with Crippen LogP contribution < -0.4 is 4.74 Å². The molecular weight excluding hydrogens is 367 g/mol. The summed E-state index contributed by atoms with van der Waals surface area (Å²) in [7, 11) is 1.57. The van der Waals surface area contributed by atoms with Crippen molar-refractivity contribution in [2.75, 3.05) is 7.11 Å². The molecule has 4 nitrogen and oxygen atoms in total. The summed E-state index contributed by atoms with van der Waals surface area (Å²) in [5.41, 5.74) is 0. The summed E-state index contributed by atoms with van der Waals surface area (Å²) in [4.78, 5) is 8.23. The highest BCUT2D eigenvalue weighted by Gasteiger charge is 2.05. The van der Waals surface area contributed by atoms with Gasteiger partial charge >= 0.3 is 0 Å². The van der Waals surface area contributed by atoms with E-state index in [1.807, 2.05) is 24.3 Å². The van der Waals surface area contributed by atoms with Crippen molar-refractivity contribution in [3.05, 3.63) is 44.9 Å². The summed E-state index contributed by atoms with van der Waals surface area (Å²) < 4.78 is 11.7. The van der Waals surface area contributed by atoms with Crippen molar-refractivity contribution in [1.82, 2.24) is 9.97 Å². The molecule has 6 heteroatoms. The van der Waals surface area contributed by atoms with Crippen LogP contribution in [-0.4, -0.2) is 17.1 Å². The number of hydrogen-bond donors (Lipinski definition) is 0. The largest absolute Gasteiger partial charge is 0.439 e. The van der Waals surface area contributed by atoms with E-state index in [-0.39, 0.29) is 0 Å². The molecule has 0 atom stereocenters. The third kappa shape index (κ3) is 3.79. The van der Waals surface area contributed by atoms with E-state index in [0.717, 1.165) is 3.57 Å². The first-order valence-corrected chi connectivity index (χ1v) is 6.59. The number of nitrogens with zero attached hydrogens (tertiary/aromatic N) is 2. The Bertz CT molecular complexity index is 551. The molecular formula is C12H10ClIN2O2. The zero-order chi connectivity index (χ0) is 13.0. The number of aromatic nitrogens is 2. The lowest BCUT2D eigenvalue weighted by atomic mass is 10.3. The van der Waals surface area contributed by atoms with Crippen LogP contribution >= 0.6 is 34.2 Å². The van der Waals surface area contributed by atoms with Crippen molar-refractivity contribution in [2.45, 2.75) is 6.61 Å². The molecule has 0 aliphatic heterocycles. The average Bonchev–Trinajstić information content (AvgIpc) is 2.28. The molecule has 0 spiro atoms. The summed E-state index contributed by atoms with van der Waals surface area (Å²) in [6, 6.07) is 9.23. The number of halogens is 2. The van der Waals surface area contributed by atoms with Crippen LogP contribution in [0.15, 0.2) is 30.3 Å². The second-order valence-corrected chi connectivity index (χ2v) is 5.07. The zero-order valence-corrected chi connectivity index (χ0v) is 12.5. The van der Waals surface area contributed by atoms with Crippen LogP contribution in [0.4, 0.5) is 0 Å². The average molecular weight is 377 g/mol. The van der Waals surface area contributed by atoms with Crippen molar-refractivity contribution in [3.8, 4) is 11.6 Å². The molecule has 1 heterocycles. The van der Waals surface area contributed by atoms with Gasteiger partial charge in [-0.05, 0) is 40.8 Å². The zero-order valence-electron chi connectivity index (χ0n) is 9.56. The number of ether oxygens (including phenoxy) is 2. The second kappa shape index (κ2) is 6.31. The topological polar surface area (TPSA) is 44.2 Å². The van der Waals surface area contributed by atoms with E-state index in [1.165, 1.54) is 0 Å². The normalized spacial score (nSPS) is 10.4. The highest BCUT2D eigenvalue weighted by molar-refractivity contribution is 14.1. The van der Waals surface area contributed by atoms with Crippen molar-refractivity contribution in [3.63, 3.8) is 0 Å². The Morgan fingerprint density at radius 3 is 2.83 bits per heavy atom. The molecule has 1 aromatic carbocycles. The summed E-state index contributed by atoms with van der Waals surface area (Å²) in [5, 5.41) is 0.331. The van der Waals surface area contributed by atoms with Gasteiger partial charge in [-0.25, -0.2) is 4.98 Å². The molecule has 0 aliphatic carbocycles. The van der Waals surface area contributed by atoms with Gasteiger partial charge in [-0.15, -0.1) is 0 Å². The molecule has 2 aromatic rings. The summed E-state index contributed by atoms with van der Waals surface area (Å²) in [5.74, 6) is 1.61. The van der Waals surface area contributed by atoms with Gasteiger partial charge in [0.1, 0.15) is 17.5 Å². The van der Waals surface area contributed by atoms with Crippen molar-refractivity contribution in [2.24, 2.45) is 0 Å². The highest BCUT2D eigenvalue weighted by Crippen LogP contribution is 2.23. The fourth-order valence-electron chi connectivity index (χ4n) is 1.34. The quantitative estimate of drug-likeness (QED) is 0.603. The van der Waals surface area contributed by atoms with Crippen LogP contribution in [0.2, 0.25) is 5.15 Å². The lowest BCUT2D eigenvalue weighted by Gasteiger charge is -2.07. The smallest absolute Gasteiger partial charge is 0.224 e. The third-order valence-corrected chi connectivity index (χ3v) is 2.87. The van der Waals surface area contributed by atoms with Gasteiger partial charge in [-0.3, -0.25) is 0 Å². The predicted octanol–water partition coefficient (Wildman–Crippen LogP) is 3.67. The van der Waals surface area contributed by atoms with Crippen LogP contribution in [0, 0.1) is 3.57 Å². The van der Waals surface area contributed by atoms with E-state index in [2.05, 4.69) is 32.6 Å². The maximum Gasteiger partial charge on any atom is 0.224 e. The lowest BCUT2D eigenvalue weighted by molar-refractivity contribution is 0.177. The molecule has 0 saturated heterocycles. The number of rotatable bonds is 4. The first kappa shape index (κ1) is 13.5. The highest BCUT2D eigenvalue weighted by atomic mass is 127. The second-order valence-electron chi connectivity index (χ2n) is 3.44. The molecule has 0 fully saturated rings. The first-order valence-electron chi connectivity index (χ1n) is 5.13. The van der Waals surface area contributed by atoms with Gasteiger partial charge in [0.05, 0.1) is 0 Å². The Labute approximate surface area is 123 Å². The minimum Gasteiger partial charge on any atom is -0.439 e. The van der Waals surface area contributed by atoms with E-state index in [0.29, 0.717) is 29.2 Å². The molecule has 0 saturated carbocycles. The van der Waals surface area contributed by atoms with Gasteiger partial charge in [0.15, 0.2) is 5.82 Å². The maximum absolute atomic E-state index is 5.90. The number of hydrogen-bond acceptors (Lipinski definition) is 4. The van der Waals surface area contributed by atoms with Crippen LogP contribution in [0.1, 0.15) is 5.82 Å². The van der Waals surface area contributed by atoms with Gasteiger partial charge in [0.25, 0.3) is 0 Å². The van der Waals surface area contributed by atoms with Gasteiger partial charge < -0.3 is 9.47 Å². The van der Waals surface area contributed by atoms with Gasteiger partial charge in [-0.2, -0.15) is 4.98 Å². The summed E-state index contributed by atoms with van der Waals surface area (Å²) in [6.45, 7) is 0.295. The van der Waals surface area contributed by atoms with Crippen molar-refractivity contribution in [1.29, 1.82) is 0 Å². The molecule has 0 amide bonds. The number of benzene rings is 1. The Hall–Kier alpha value is -0.920. The molecule has 18 heavy (non-hydrogen) atoms. The maximum atomic E-state index is 5.90. The van der Waals surface area contributed by atoms with Crippen LogP contribution in [0.5, 0.6) is 11.6 Å². The summed E-state index contributed by atoms with van der Waals surface area (Å²) in [6.07, 6.45) is 0. The van der Waals surface area contributed by atoms with Crippen LogP contribution in [-0.2, 0) is 11.3 Å². The molecule has 2 rings (SSSR count). The van der Waals surface area contributed by atoms with E-state index >= 15 is 0 Å². The predicted molar refractivity (Wildman–Crippen MR) is 77.0 cm³/mol. The number of methoxy groups -OCH3 is 1. The monoisotopic (exact) mass is 376 g/mol. The third-order valence-electron chi connectivity index (χ3n) is 2.01. The van der Waals surface area contributed by atoms with E-state index in [1.54, 1.807) is 13.2 Å². The van der Waals surface area contributed by atoms with Crippen molar-refractivity contribution < 1.29 is 9.47 Å². The molecule has 0 radical (unpaired) electrons. The molecule has 0 unspecified atom stereocenters. The Morgan fingerprint density at radius 2 is 2.11 bits per heavy atom. The van der Waals surface area contributed by atoms with Crippen LogP contribution in [0.25, 0.3) is 0 Å². The SMILES string of the molecule is COCc1nc(Cl)cc(Oc2cccc(I)c2)n1. The Balaban J connectivity index is 2.23. The Morgan fingerprint density at radius 1 is 1.28 bits per heavy atom. The lowest BCUT2D eigenvalue weighted by Crippen LogP contribution is -1.99. The molecule has 1 aromatic heterocycles. The first-order chi connectivity index (χ1) is 8.67. The minimum absolute atomic E-state index is 0.295. The van der Waals surface area contributed by atoms with E-state index in [9.17, 15) is 0 Å². The Kier molecular flexibility index (Phi) is 4.73. The van der Waals surface area contributed by atoms with E-state index in [4.69, 9.17) is 21.1 Å². The van der Waals surface area contributed by atoms with Crippen molar-refractivity contribution >= 4 is 34.2 Å². The standard InChI is InChI=1S/C12H10ClIN2O2/c1-17-7-11-15-10(13)6-12(16-11)18-9-4-2-3-8(14)5-9/h2-6H,7H2,1H3. The molecule has 0 aliphatic rings. The molecule has 94 valence electrons. The van der Waals surface area contributed by atoms with Gasteiger partial charge in [0.2, 0.25) is 5.88 Å².